The Bertz CT molecular complexity index is 795. The fraction of sp³-hybridized carbons (Fsp3) is 0.500. The number of alkyl halides is 3. The Labute approximate surface area is 157 Å². The van der Waals surface area contributed by atoms with Crippen molar-refractivity contribution in [3.63, 3.8) is 0 Å². The third-order valence-corrected chi connectivity index (χ3v) is 3.86. The van der Waals surface area contributed by atoms with Gasteiger partial charge >= 0.3 is 12.1 Å². The summed E-state index contributed by atoms with van der Waals surface area (Å²) in [6, 6.07) is 0.990. The minimum atomic E-state index is -5.19. The van der Waals surface area contributed by atoms with Crippen LogP contribution in [0.1, 0.15) is 23.7 Å². The molecular formula is C14H18F3N3O7S. The van der Waals surface area contributed by atoms with Gasteiger partial charge in [-0.3, -0.25) is 9.59 Å². The fourth-order valence-corrected chi connectivity index (χ4v) is 2.66. The van der Waals surface area contributed by atoms with E-state index < -0.39 is 39.9 Å². The molecule has 158 valence electrons. The zero-order chi connectivity index (χ0) is 22.1. The summed E-state index contributed by atoms with van der Waals surface area (Å²) >= 11 is 0. The van der Waals surface area contributed by atoms with Crippen LogP contribution in [0.2, 0.25) is 0 Å². The lowest BCUT2D eigenvalue weighted by atomic mass is 10.2. The summed E-state index contributed by atoms with van der Waals surface area (Å²) in [6.45, 7) is 1.81. The van der Waals surface area contributed by atoms with E-state index in [9.17, 15) is 31.2 Å². The van der Waals surface area contributed by atoms with Crippen LogP contribution in [0.15, 0.2) is 18.5 Å². The Morgan fingerprint density at radius 3 is 2.25 bits per heavy atom. The molecule has 0 saturated heterocycles. The molecule has 1 aromatic heterocycles. The van der Waals surface area contributed by atoms with Gasteiger partial charge in [-0.25, -0.2) is 8.42 Å². The summed E-state index contributed by atoms with van der Waals surface area (Å²) in [5, 5.41) is 23.8. The molecule has 28 heavy (non-hydrogen) atoms. The first kappa shape index (κ1) is 25.2. The minimum Gasteiger partial charge on any atom is -0.542 e. The normalized spacial score (nSPS) is 12.3. The van der Waals surface area contributed by atoms with Gasteiger partial charge in [0.2, 0.25) is 0 Å². The number of aryl methyl sites for hydroxylation is 1. The lowest BCUT2D eigenvalue weighted by Crippen LogP contribution is -2.40. The lowest BCUT2D eigenvalue weighted by molar-refractivity contribution is -0.753. The van der Waals surface area contributed by atoms with Crippen molar-refractivity contribution < 1.29 is 50.9 Å². The first-order chi connectivity index (χ1) is 12.6. The van der Waals surface area contributed by atoms with Crippen molar-refractivity contribution >= 4 is 27.7 Å². The summed E-state index contributed by atoms with van der Waals surface area (Å²) < 4.78 is 55.2. The molecule has 0 aliphatic rings. The van der Waals surface area contributed by atoms with Gasteiger partial charge in [-0.15, -0.1) is 0 Å². The number of nitrogens with zero attached hydrogens (tertiary/aromatic N) is 2. The molecular weight excluding hydrogens is 411 g/mol. The predicted molar refractivity (Wildman–Crippen MR) is 84.4 cm³/mol. The van der Waals surface area contributed by atoms with E-state index in [-0.39, 0.29) is 24.3 Å². The van der Waals surface area contributed by atoms with Crippen LogP contribution in [0.3, 0.4) is 0 Å². The number of halogens is 3. The van der Waals surface area contributed by atoms with E-state index in [1.54, 1.807) is 6.92 Å². The van der Waals surface area contributed by atoms with Crippen LogP contribution in [0.25, 0.3) is 0 Å². The maximum absolute atomic E-state index is 11.9. The molecule has 0 radical (unpaired) electrons. The van der Waals surface area contributed by atoms with E-state index in [1.165, 1.54) is 23.1 Å². The van der Waals surface area contributed by atoms with Gasteiger partial charge in [0.05, 0.1) is 11.3 Å². The van der Waals surface area contributed by atoms with Crippen LogP contribution in [0, 0.1) is 0 Å². The van der Waals surface area contributed by atoms with Gasteiger partial charge in [0, 0.05) is 18.4 Å². The number of nitrogens with one attached hydrogen (secondary N) is 1. The highest BCUT2D eigenvalue weighted by Crippen LogP contribution is 2.11. The van der Waals surface area contributed by atoms with Crippen LogP contribution in [-0.4, -0.2) is 60.7 Å². The van der Waals surface area contributed by atoms with Gasteiger partial charge in [0.1, 0.15) is 28.4 Å². The molecule has 0 aromatic carbocycles. The number of amides is 1. The Hall–Kier alpha value is -2.77. The summed E-state index contributed by atoms with van der Waals surface area (Å²) in [5.74, 6) is -4.50. The first-order valence-electron chi connectivity index (χ1n) is 7.46. The quantitative estimate of drug-likeness (QED) is 0.486. The Kier molecular flexibility index (Phi) is 9.49. The van der Waals surface area contributed by atoms with Gasteiger partial charge in [-0.05, 0) is 12.0 Å². The van der Waals surface area contributed by atoms with Gasteiger partial charge in [-0.1, -0.05) is 4.68 Å². The van der Waals surface area contributed by atoms with E-state index in [2.05, 4.69) is 10.4 Å². The molecule has 1 heterocycles. The molecule has 0 bridgehead atoms. The van der Waals surface area contributed by atoms with Crippen molar-refractivity contribution in [1.29, 1.82) is 0 Å². The molecule has 0 aliphatic heterocycles. The smallest absolute Gasteiger partial charge is 0.430 e. The highest BCUT2D eigenvalue weighted by atomic mass is 32.2. The summed E-state index contributed by atoms with van der Waals surface area (Å²) in [6.07, 6.45) is -1.34. The van der Waals surface area contributed by atoms with Crippen LogP contribution in [0.5, 0.6) is 0 Å². The van der Waals surface area contributed by atoms with E-state index >= 15 is 0 Å². The van der Waals surface area contributed by atoms with E-state index in [0.717, 1.165) is 6.26 Å². The van der Waals surface area contributed by atoms with Gasteiger partial charge < -0.3 is 20.3 Å². The largest absolute Gasteiger partial charge is 0.542 e. The van der Waals surface area contributed by atoms with Gasteiger partial charge in [0.15, 0.2) is 12.7 Å². The van der Waals surface area contributed by atoms with Crippen LogP contribution in [-0.2, 0) is 26.0 Å². The number of carboxylic acids is 2. The number of carbonyl (C=O) groups is 3. The number of aliphatic carboxylic acids is 2. The van der Waals surface area contributed by atoms with E-state index in [0.29, 0.717) is 0 Å². The molecule has 1 aromatic rings. The van der Waals surface area contributed by atoms with E-state index in [1.807, 2.05) is 0 Å². The molecule has 0 fully saturated rings. The highest BCUT2D eigenvalue weighted by molar-refractivity contribution is 7.90. The molecule has 1 rings (SSSR count). The average Bonchev–Trinajstić information content (AvgIpc) is 2.51. The first-order valence-corrected chi connectivity index (χ1v) is 9.52. The standard InChI is InChI=1S/C12H17N3O5S.C2HF3O2/c1-9(8-21(2,19)20)14-12(18)10-3-5-15(13-7-10)6-4-11(16)17;3-2(4,5)1(6)7/h3,5,7,9H,4,6,8H2,1-2H3,(H-,14,16,17,18);(H,6,7). The monoisotopic (exact) mass is 429 g/mol. The maximum atomic E-state index is 11.9. The molecule has 0 aliphatic carbocycles. The Balaban J connectivity index is 0.000000887. The van der Waals surface area contributed by atoms with Crippen LogP contribution in [0.4, 0.5) is 13.2 Å². The van der Waals surface area contributed by atoms with Crippen molar-refractivity contribution in [3.05, 3.63) is 24.0 Å². The number of hydrogen-bond donors (Lipinski definition) is 2. The van der Waals surface area contributed by atoms with Crippen molar-refractivity contribution in [3.8, 4) is 0 Å². The molecule has 1 unspecified atom stereocenters. The van der Waals surface area contributed by atoms with Crippen molar-refractivity contribution in [2.24, 2.45) is 0 Å². The number of carbonyl (C=O) groups excluding carboxylic acids is 2. The molecule has 2 N–H and O–H groups in total. The zero-order valence-corrected chi connectivity index (χ0v) is 15.6. The topological polar surface area (TPSA) is 157 Å². The maximum Gasteiger partial charge on any atom is 0.430 e. The number of rotatable bonds is 7. The Morgan fingerprint density at radius 1 is 1.36 bits per heavy atom. The summed E-state index contributed by atoms with van der Waals surface area (Å²) in [4.78, 5) is 31.1. The molecule has 14 heteroatoms. The summed E-state index contributed by atoms with van der Waals surface area (Å²) in [7, 11) is -3.16. The summed E-state index contributed by atoms with van der Waals surface area (Å²) in [5.41, 5.74) is 0.280. The number of carboxylic acid groups (broad SMARTS) is 2. The van der Waals surface area contributed by atoms with Crippen LogP contribution < -0.4 is 15.1 Å². The second kappa shape index (κ2) is 10.5. The molecule has 0 spiro atoms. The highest BCUT2D eigenvalue weighted by Gasteiger charge is 2.28. The molecule has 1 atom stereocenters. The number of hydrogen-bond acceptors (Lipinski definition) is 7. The van der Waals surface area contributed by atoms with Crippen molar-refractivity contribution in [1.82, 2.24) is 10.4 Å². The number of sulfone groups is 1. The third-order valence-electron chi connectivity index (χ3n) is 2.75. The molecule has 1 amide bonds. The average molecular weight is 429 g/mol. The second-order valence-electron chi connectivity index (χ2n) is 5.57. The SMILES string of the molecule is CC(CS(C)(=O)=O)NC(=O)c1cc[n+](CCC(=O)O)nc1.O=C([O-])C(F)(F)F. The minimum absolute atomic E-state index is 0.0609. The molecule has 10 nitrogen and oxygen atoms in total. The van der Waals surface area contributed by atoms with Crippen molar-refractivity contribution in [2.75, 3.05) is 12.0 Å². The van der Waals surface area contributed by atoms with Gasteiger partial charge in [0.25, 0.3) is 5.91 Å². The second-order valence-corrected chi connectivity index (χ2v) is 7.76. The predicted octanol–water partition coefficient (Wildman–Crippen LogP) is -1.69. The third kappa shape index (κ3) is 11.8. The fourth-order valence-electron chi connectivity index (χ4n) is 1.66. The lowest BCUT2D eigenvalue weighted by Gasteiger charge is -2.12. The van der Waals surface area contributed by atoms with E-state index in [4.69, 9.17) is 15.0 Å². The van der Waals surface area contributed by atoms with Crippen molar-refractivity contribution in [2.45, 2.75) is 32.1 Å². The van der Waals surface area contributed by atoms with Gasteiger partial charge in [-0.2, -0.15) is 13.2 Å². The molecule has 0 saturated carbocycles. The number of aromatic nitrogens is 2. The Morgan fingerprint density at radius 2 is 1.89 bits per heavy atom. The zero-order valence-electron chi connectivity index (χ0n) is 14.8. The van der Waals surface area contributed by atoms with Crippen LogP contribution >= 0.6 is 0 Å².